The van der Waals surface area contributed by atoms with E-state index in [1.165, 1.54) is 5.56 Å². The Morgan fingerprint density at radius 3 is 2.61 bits per heavy atom. The molecule has 3 nitrogen and oxygen atoms in total. The molecule has 102 valence electrons. The van der Waals surface area contributed by atoms with Gasteiger partial charge in [0.05, 0.1) is 0 Å². The van der Waals surface area contributed by atoms with E-state index in [0.717, 1.165) is 18.9 Å². The molecule has 0 aliphatic rings. The second-order valence-corrected chi connectivity index (χ2v) is 6.11. The average molecular weight is 249 g/mol. The SMILES string of the molecule is CCNC(C)c1cccnc1N(C)CC(C)(C)C. The summed E-state index contributed by atoms with van der Waals surface area (Å²) >= 11 is 0. The number of hydrogen-bond donors (Lipinski definition) is 1. The van der Waals surface area contributed by atoms with Crippen LogP contribution in [0.4, 0.5) is 5.82 Å². The van der Waals surface area contributed by atoms with Crippen LogP contribution in [0.3, 0.4) is 0 Å². The standard InChI is InChI=1S/C15H27N3/c1-7-16-12(2)13-9-8-10-17-14(13)18(6)11-15(3,4)5/h8-10,12,16H,7,11H2,1-6H3. The van der Waals surface area contributed by atoms with Crippen LogP contribution < -0.4 is 10.2 Å². The van der Waals surface area contributed by atoms with Gasteiger partial charge in [-0.15, -0.1) is 0 Å². The molecule has 0 aliphatic heterocycles. The molecule has 1 atom stereocenters. The second-order valence-electron chi connectivity index (χ2n) is 6.11. The van der Waals surface area contributed by atoms with E-state index >= 15 is 0 Å². The Balaban J connectivity index is 2.94. The molecule has 0 amide bonds. The smallest absolute Gasteiger partial charge is 0.133 e. The van der Waals surface area contributed by atoms with E-state index in [0.29, 0.717) is 6.04 Å². The van der Waals surface area contributed by atoms with Gasteiger partial charge in [0.25, 0.3) is 0 Å². The number of nitrogens with zero attached hydrogens (tertiary/aromatic N) is 2. The van der Waals surface area contributed by atoms with Crippen molar-refractivity contribution in [3.05, 3.63) is 23.9 Å². The van der Waals surface area contributed by atoms with Gasteiger partial charge in [-0.2, -0.15) is 0 Å². The van der Waals surface area contributed by atoms with Gasteiger partial charge in [-0.1, -0.05) is 33.8 Å². The molecule has 0 aromatic carbocycles. The summed E-state index contributed by atoms with van der Waals surface area (Å²) in [5.41, 5.74) is 1.54. The van der Waals surface area contributed by atoms with E-state index in [4.69, 9.17) is 0 Å². The number of anilines is 1. The minimum atomic E-state index is 0.269. The zero-order chi connectivity index (χ0) is 13.8. The van der Waals surface area contributed by atoms with Gasteiger partial charge in [0, 0.05) is 31.4 Å². The van der Waals surface area contributed by atoms with E-state index in [-0.39, 0.29) is 5.41 Å². The molecule has 0 aliphatic carbocycles. The van der Waals surface area contributed by atoms with E-state index < -0.39 is 0 Å². The first-order valence-electron chi connectivity index (χ1n) is 6.74. The van der Waals surface area contributed by atoms with Gasteiger partial charge in [-0.3, -0.25) is 0 Å². The predicted molar refractivity (Wildman–Crippen MR) is 79.1 cm³/mol. The Kier molecular flexibility index (Phi) is 5.15. The van der Waals surface area contributed by atoms with Crippen molar-refractivity contribution < 1.29 is 0 Å². The van der Waals surface area contributed by atoms with Crippen molar-refractivity contribution in [2.75, 3.05) is 25.0 Å². The topological polar surface area (TPSA) is 28.2 Å². The van der Waals surface area contributed by atoms with Crippen molar-refractivity contribution in [2.24, 2.45) is 5.41 Å². The fourth-order valence-electron chi connectivity index (χ4n) is 2.27. The molecule has 1 N–H and O–H groups in total. The zero-order valence-electron chi connectivity index (χ0n) is 12.6. The molecule has 0 saturated carbocycles. The third kappa shape index (κ3) is 4.30. The molecular weight excluding hydrogens is 222 g/mol. The lowest BCUT2D eigenvalue weighted by Gasteiger charge is -2.30. The highest BCUT2D eigenvalue weighted by Gasteiger charge is 2.18. The largest absolute Gasteiger partial charge is 0.359 e. The van der Waals surface area contributed by atoms with E-state index in [9.17, 15) is 0 Å². The van der Waals surface area contributed by atoms with Gasteiger partial charge in [0.1, 0.15) is 5.82 Å². The van der Waals surface area contributed by atoms with Crippen LogP contribution in [0.25, 0.3) is 0 Å². The van der Waals surface area contributed by atoms with Crippen molar-refractivity contribution in [1.29, 1.82) is 0 Å². The van der Waals surface area contributed by atoms with Gasteiger partial charge >= 0.3 is 0 Å². The molecule has 18 heavy (non-hydrogen) atoms. The van der Waals surface area contributed by atoms with Gasteiger partial charge in [-0.25, -0.2) is 4.98 Å². The Labute approximate surface area is 112 Å². The average Bonchev–Trinajstić information content (AvgIpc) is 2.27. The lowest BCUT2D eigenvalue weighted by molar-refractivity contribution is 0.417. The fraction of sp³-hybridized carbons (Fsp3) is 0.667. The number of pyridine rings is 1. The van der Waals surface area contributed by atoms with Gasteiger partial charge in [0.2, 0.25) is 0 Å². The maximum absolute atomic E-state index is 4.55. The van der Waals surface area contributed by atoms with Crippen LogP contribution in [-0.4, -0.2) is 25.1 Å². The van der Waals surface area contributed by atoms with Crippen LogP contribution in [-0.2, 0) is 0 Å². The summed E-state index contributed by atoms with van der Waals surface area (Å²) in [6.45, 7) is 13.0. The lowest BCUT2D eigenvalue weighted by Crippen LogP contribution is -2.31. The molecule has 0 spiro atoms. The number of aromatic nitrogens is 1. The maximum Gasteiger partial charge on any atom is 0.133 e. The van der Waals surface area contributed by atoms with Crippen LogP contribution in [0.2, 0.25) is 0 Å². The Bertz CT molecular complexity index is 368. The van der Waals surface area contributed by atoms with Crippen LogP contribution in [0.5, 0.6) is 0 Å². The van der Waals surface area contributed by atoms with Crippen LogP contribution in [0.1, 0.15) is 46.2 Å². The van der Waals surface area contributed by atoms with Crippen LogP contribution >= 0.6 is 0 Å². The molecule has 0 fully saturated rings. The second kappa shape index (κ2) is 6.19. The third-order valence-corrected chi connectivity index (χ3v) is 2.87. The highest BCUT2D eigenvalue weighted by Crippen LogP contribution is 2.25. The summed E-state index contributed by atoms with van der Waals surface area (Å²) in [6, 6.07) is 4.51. The Morgan fingerprint density at radius 2 is 2.06 bits per heavy atom. The highest BCUT2D eigenvalue weighted by molar-refractivity contribution is 5.47. The van der Waals surface area contributed by atoms with Gasteiger partial charge in [-0.05, 0) is 24.9 Å². The van der Waals surface area contributed by atoms with E-state index in [1.807, 2.05) is 12.3 Å². The Morgan fingerprint density at radius 1 is 1.39 bits per heavy atom. The minimum absolute atomic E-state index is 0.269. The van der Waals surface area contributed by atoms with Crippen molar-refractivity contribution in [2.45, 2.75) is 40.7 Å². The van der Waals surface area contributed by atoms with Crippen molar-refractivity contribution in [3.63, 3.8) is 0 Å². The van der Waals surface area contributed by atoms with E-state index in [1.54, 1.807) is 0 Å². The predicted octanol–water partition coefficient (Wildman–Crippen LogP) is 3.23. The van der Waals surface area contributed by atoms with E-state index in [2.05, 4.69) is 62.9 Å². The first-order chi connectivity index (χ1) is 8.35. The molecule has 3 heteroatoms. The van der Waals surface area contributed by atoms with Crippen LogP contribution in [0.15, 0.2) is 18.3 Å². The minimum Gasteiger partial charge on any atom is -0.359 e. The summed E-state index contributed by atoms with van der Waals surface area (Å²) in [6.07, 6.45) is 1.87. The fourth-order valence-corrected chi connectivity index (χ4v) is 2.27. The summed E-state index contributed by atoms with van der Waals surface area (Å²) < 4.78 is 0. The first kappa shape index (κ1) is 15.0. The quantitative estimate of drug-likeness (QED) is 0.868. The molecule has 1 rings (SSSR count). The van der Waals surface area contributed by atoms with Gasteiger partial charge in [0.15, 0.2) is 0 Å². The Hall–Kier alpha value is -1.09. The lowest BCUT2D eigenvalue weighted by atomic mass is 9.96. The molecule has 1 heterocycles. The van der Waals surface area contributed by atoms with Gasteiger partial charge < -0.3 is 10.2 Å². The number of rotatable bonds is 5. The number of nitrogens with one attached hydrogen (secondary N) is 1. The molecule has 0 radical (unpaired) electrons. The molecule has 1 aromatic rings. The van der Waals surface area contributed by atoms with Crippen molar-refractivity contribution in [1.82, 2.24) is 10.3 Å². The highest BCUT2D eigenvalue weighted by atomic mass is 15.2. The zero-order valence-corrected chi connectivity index (χ0v) is 12.6. The summed E-state index contributed by atoms with van der Waals surface area (Å²) in [7, 11) is 2.12. The third-order valence-electron chi connectivity index (χ3n) is 2.87. The van der Waals surface area contributed by atoms with Crippen molar-refractivity contribution >= 4 is 5.82 Å². The van der Waals surface area contributed by atoms with Crippen LogP contribution in [0, 0.1) is 5.41 Å². The maximum atomic E-state index is 4.55. The summed E-state index contributed by atoms with van der Waals surface area (Å²) in [5.74, 6) is 1.08. The molecular formula is C15H27N3. The number of hydrogen-bond acceptors (Lipinski definition) is 3. The van der Waals surface area contributed by atoms with Crippen molar-refractivity contribution in [3.8, 4) is 0 Å². The summed E-state index contributed by atoms with van der Waals surface area (Å²) in [4.78, 5) is 6.81. The summed E-state index contributed by atoms with van der Waals surface area (Å²) in [5, 5.41) is 3.45. The molecule has 1 unspecified atom stereocenters. The monoisotopic (exact) mass is 249 g/mol. The first-order valence-corrected chi connectivity index (χ1v) is 6.74. The normalized spacial score (nSPS) is 13.4. The molecule has 1 aromatic heterocycles. The molecule has 0 bridgehead atoms. The molecule has 0 saturated heterocycles.